The molecule has 2 rings (SSSR count). The van der Waals surface area contributed by atoms with Crippen molar-refractivity contribution in [3.8, 4) is 0 Å². The molecular weight excluding hydrogens is 244 g/mol. The first-order valence-corrected chi connectivity index (χ1v) is 6.04. The fraction of sp³-hybridized carbons (Fsp3) is 0.385. The molecule has 0 saturated carbocycles. The van der Waals surface area contributed by atoms with E-state index in [9.17, 15) is 9.59 Å². The van der Waals surface area contributed by atoms with Gasteiger partial charge >= 0.3 is 0 Å². The zero-order chi connectivity index (χ0) is 13.8. The van der Waals surface area contributed by atoms with Crippen LogP contribution in [0.5, 0.6) is 0 Å². The van der Waals surface area contributed by atoms with Crippen LogP contribution < -0.4 is 4.90 Å². The van der Waals surface area contributed by atoms with E-state index in [1.54, 1.807) is 29.2 Å². The standard InChI is InChI=1S/C13H14N4O2/c1-9(18)11-2-4-12(5-3-11)17-8-10(6-13(17)19)7-15-16-14/h2-5,10H,6-8H2,1H3. The molecule has 6 nitrogen and oxygen atoms in total. The normalized spacial score (nSPS) is 18.3. The largest absolute Gasteiger partial charge is 0.312 e. The first kappa shape index (κ1) is 13.1. The van der Waals surface area contributed by atoms with Crippen LogP contribution in [0.2, 0.25) is 0 Å². The zero-order valence-electron chi connectivity index (χ0n) is 10.6. The Morgan fingerprint density at radius 3 is 2.74 bits per heavy atom. The average molecular weight is 258 g/mol. The van der Waals surface area contributed by atoms with E-state index < -0.39 is 0 Å². The van der Waals surface area contributed by atoms with Gasteiger partial charge in [-0.1, -0.05) is 5.11 Å². The minimum atomic E-state index is 0.000493. The lowest BCUT2D eigenvalue weighted by molar-refractivity contribution is -0.117. The van der Waals surface area contributed by atoms with E-state index in [-0.39, 0.29) is 17.6 Å². The Hall–Kier alpha value is -2.33. The average Bonchev–Trinajstić information content (AvgIpc) is 2.77. The van der Waals surface area contributed by atoms with Crippen LogP contribution >= 0.6 is 0 Å². The van der Waals surface area contributed by atoms with Gasteiger partial charge < -0.3 is 4.90 Å². The number of carbonyl (C=O) groups excluding carboxylic acids is 2. The van der Waals surface area contributed by atoms with Gasteiger partial charge in [-0.15, -0.1) is 0 Å². The van der Waals surface area contributed by atoms with Crippen LogP contribution in [0.15, 0.2) is 29.4 Å². The summed E-state index contributed by atoms with van der Waals surface area (Å²) >= 11 is 0. The second-order valence-corrected chi connectivity index (χ2v) is 4.59. The molecule has 0 bridgehead atoms. The molecule has 0 radical (unpaired) electrons. The second-order valence-electron chi connectivity index (χ2n) is 4.59. The first-order chi connectivity index (χ1) is 9.11. The number of benzene rings is 1. The molecular formula is C13H14N4O2. The molecule has 98 valence electrons. The lowest BCUT2D eigenvalue weighted by Crippen LogP contribution is -2.24. The van der Waals surface area contributed by atoms with Gasteiger partial charge in [-0.25, -0.2) is 0 Å². The van der Waals surface area contributed by atoms with Gasteiger partial charge in [0.2, 0.25) is 5.91 Å². The molecule has 0 spiro atoms. The smallest absolute Gasteiger partial charge is 0.227 e. The highest BCUT2D eigenvalue weighted by atomic mass is 16.2. The highest BCUT2D eigenvalue weighted by Gasteiger charge is 2.29. The van der Waals surface area contributed by atoms with Crippen LogP contribution in [0.25, 0.3) is 10.4 Å². The van der Waals surface area contributed by atoms with Crippen LogP contribution in [0.4, 0.5) is 5.69 Å². The van der Waals surface area contributed by atoms with E-state index in [4.69, 9.17) is 5.53 Å². The van der Waals surface area contributed by atoms with Crippen LogP contribution in [0, 0.1) is 5.92 Å². The summed E-state index contributed by atoms with van der Waals surface area (Å²) in [7, 11) is 0. The van der Waals surface area contributed by atoms with Gasteiger partial charge in [0.1, 0.15) is 0 Å². The Morgan fingerprint density at radius 1 is 1.47 bits per heavy atom. The summed E-state index contributed by atoms with van der Waals surface area (Å²) in [6.07, 6.45) is 0.396. The molecule has 6 heteroatoms. The number of azide groups is 1. The molecule has 1 aromatic rings. The van der Waals surface area contributed by atoms with Gasteiger partial charge in [0.25, 0.3) is 0 Å². The summed E-state index contributed by atoms with van der Waals surface area (Å²) in [5, 5.41) is 3.51. The fourth-order valence-corrected chi connectivity index (χ4v) is 2.18. The van der Waals surface area contributed by atoms with Gasteiger partial charge in [0.15, 0.2) is 5.78 Å². The van der Waals surface area contributed by atoms with Crippen molar-refractivity contribution >= 4 is 17.4 Å². The number of Topliss-reactive ketones (excluding diaryl/α,β-unsaturated/α-hetero) is 1. The first-order valence-electron chi connectivity index (χ1n) is 6.04. The van der Waals surface area contributed by atoms with Gasteiger partial charge in [0.05, 0.1) is 0 Å². The van der Waals surface area contributed by atoms with Gasteiger partial charge in [-0.3, -0.25) is 9.59 Å². The monoisotopic (exact) mass is 258 g/mol. The number of hydrogen-bond acceptors (Lipinski definition) is 3. The minimum absolute atomic E-state index is 0.000493. The molecule has 1 aliphatic rings. The molecule has 0 aliphatic carbocycles. The summed E-state index contributed by atoms with van der Waals surface area (Å²) in [5.41, 5.74) is 9.69. The topological polar surface area (TPSA) is 86.1 Å². The predicted octanol–water partition coefficient (Wildman–Crippen LogP) is 2.55. The molecule has 1 unspecified atom stereocenters. The summed E-state index contributed by atoms with van der Waals surface area (Å²) in [6, 6.07) is 6.96. The Morgan fingerprint density at radius 2 is 2.16 bits per heavy atom. The van der Waals surface area contributed by atoms with Crippen LogP contribution in [-0.4, -0.2) is 24.8 Å². The molecule has 1 saturated heterocycles. The SMILES string of the molecule is CC(=O)c1ccc(N2CC(CN=[N+]=[N-])CC2=O)cc1. The number of amides is 1. The Bertz CT molecular complexity index is 546. The van der Waals surface area contributed by atoms with Crippen molar-refractivity contribution in [3.63, 3.8) is 0 Å². The van der Waals surface area contributed by atoms with E-state index >= 15 is 0 Å². The maximum Gasteiger partial charge on any atom is 0.227 e. The Labute approximate surface area is 110 Å². The third kappa shape index (κ3) is 2.92. The predicted molar refractivity (Wildman–Crippen MR) is 70.9 cm³/mol. The van der Waals surface area contributed by atoms with Gasteiger partial charge in [-0.05, 0) is 42.6 Å². The van der Waals surface area contributed by atoms with Gasteiger partial charge in [0, 0.05) is 35.7 Å². The van der Waals surface area contributed by atoms with Gasteiger partial charge in [-0.2, -0.15) is 0 Å². The van der Waals surface area contributed by atoms with E-state index in [2.05, 4.69) is 10.0 Å². The summed E-state index contributed by atoms with van der Waals surface area (Å²) in [5.74, 6) is 0.0881. The molecule has 19 heavy (non-hydrogen) atoms. The highest BCUT2D eigenvalue weighted by molar-refractivity contribution is 5.97. The Kier molecular flexibility index (Phi) is 3.82. The molecule has 0 aromatic heterocycles. The van der Waals surface area contributed by atoms with Crippen molar-refractivity contribution in [1.82, 2.24) is 0 Å². The van der Waals surface area contributed by atoms with Crippen LogP contribution in [0.1, 0.15) is 23.7 Å². The Balaban J connectivity index is 2.11. The lowest BCUT2D eigenvalue weighted by atomic mass is 10.1. The number of carbonyl (C=O) groups is 2. The molecule has 1 atom stereocenters. The minimum Gasteiger partial charge on any atom is -0.312 e. The summed E-state index contributed by atoms with van der Waals surface area (Å²) < 4.78 is 0. The van der Waals surface area contributed by atoms with E-state index in [1.165, 1.54) is 6.92 Å². The number of anilines is 1. The molecule has 0 N–H and O–H groups in total. The maximum atomic E-state index is 11.9. The van der Waals surface area contributed by atoms with Crippen molar-refractivity contribution in [2.24, 2.45) is 11.0 Å². The third-order valence-corrected chi connectivity index (χ3v) is 3.19. The van der Waals surface area contributed by atoms with Crippen molar-refractivity contribution in [2.45, 2.75) is 13.3 Å². The van der Waals surface area contributed by atoms with Crippen molar-refractivity contribution in [1.29, 1.82) is 0 Å². The molecule has 1 fully saturated rings. The number of ketones is 1. The van der Waals surface area contributed by atoms with Crippen LogP contribution in [-0.2, 0) is 4.79 Å². The van der Waals surface area contributed by atoms with Crippen LogP contribution in [0.3, 0.4) is 0 Å². The zero-order valence-corrected chi connectivity index (χ0v) is 10.6. The third-order valence-electron chi connectivity index (χ3n) is 3.19. The van der Waals surface area contributed by atoms with E-state index in [1.807, 2.05) is 0 Å². The fourth-order valence-electron chi connectivity index (χ4n) is 2.18. The summed E-state index contributed by atoms with van der Waals surface area (Å²) in [4.78, 5) is 27.5. The number of nitrogens with zero attached hydrogens (tertiary/aromatic N) is 4. The number of rotatable bonds is 4. The van der Waals surface area contributed by atoms with E-state index in [0.717, 1.165) is 5.69 Å². The second kappa shape index (κ2) is 5.54. The van der Waals surface area contributed by atoms with Crippen molar-refractivity contribution in [2.75, 3.05) is 18.0 Å². The molecule has 1 amide bonds. The van der Waals surface area contributed by atoms with Crippen molar-refractivity contribution < 1.29 is 9.59 Å². The number of hydrogen-bond donors (Lipinski definition) is 0. The highest BCUT2D eigenvalue weighted by Crippen LogP contribution is 2.25. The molecule has 1 aromatic carbocycles. The van der Waals surface area contributed by atoms with Crippen molar-refractivity contribution in [3.05, 3.63) is 40.3 Å². The quantitative estimate of drug-likeness (QED) is 0.359. The lowest BCUT2D eigenvalue weighted by Gasteiger charge is -2.16. The maximum absolute atomic E-state index is 11.9. The summed E-state index contributed by atoms with van der Waals surface area (Å²) in [6.45, 7) is 2.40. The molecule has 1 aliphatic heterocycles. The van der Waals surface area contributed by atoms with E-state index in [0.29, 0.717) is 25.1 Å². The molecule has 1 heterocycles.